The maximum Gasteiger partial charge on any atom is 0.330 e. The Kier molecular flexibility index (Phi) is 4.12. The standard InChI is InChI=1S/C8H13F4NO/c9-7(10)8(11,12)5-14-6-1-3-13-4-2-6/h6-7,13H,1-5H2. The first kappa shape index (κ1) is 11.7. The number of nitrogens with one attached hydrogen (secondary N) is 1. The summed E-state index contributed by atoms with van der Waals surface area (Å²) in [5, 5.41) is 3.02. The van der Waals surface area contributed by atoms with Crippen molar-refractivity contribution in [3.8, 4) is 0 Å². The third-order valence-electron chi connectivity index (χ3n) is 2.12. The summed E-state index contributed by atoms with van der Waals surface area (Å²) in [6.45, 7) is 0.186. The van der Waals surface area contributed by atoms with E-state index in [0.29, 0.717) is 25.9 Å². The highest BCUT2D eigenvalue weighted by atomic mass is 19.3. The van der Waals surface area contributed by atoms with Crippen LogP contribution in [0.25, 0.3) is 0 Å². The van der Waals surface area contributed by atoms with Crippen molar-refractivity contribution in [2.24, 2.45) is 0 Å². The van der Waals surface area contributed by atoms with Crippen LogP contribution in [0, 0.1) is 0 Å². The highest BCUT2D eigenvalue weighted by Gasteiger charge is 2.41. The molecule has 0 saturated carbocycles. The second-order valence-corrected chi connectivity index (χ2v) is 3.32. The fourth-order valence-electron chi connectivity index (χ4n) is 1.25. The van der Waals surface area contributed by atoms with E-state index in [1.54, 1.807) is 0 Å². The Labute approximate surface area is 79.6 Å². The minimum absolute atomic E-state index is 0.319. The molecule has 6 heteroatoms. The summed E-state index contributed by atoms with van der Waals surface area (Å²) >= 11 is 0. The molecule has 0 bridgehead atoms. The van der Waals surface area contributed by atoms with E-state index in [1.807, 2.05) is 0 Å². The van der Waals surface area contributed by atoms with E-state index in [-0.39, 0.29) is 6.10 Å². The Hall–Kier alpha value is -0.360. The van der Waals surface area contributed by atoms with Crippen LogP contribution in [0.1, 0.15) is 12.8 Å². The van der Waals surface area contributed by atoms with Gasteiger partial charge in [-0.05, 0) is 25.9 Å². The molecule has 1 rings (SSSR count). The summed E-state index contributed by atoms with van der Waals surface area (Å²) in [7, 11) is 0. The highest BCUT2D eigenvalue weighted by Crippen LogP contribution is 2.24. The monoisotopic (exact) mass is 215 g/mol. The average Bonchev–Trinajstić information content (AvgIpc) is 2.16. The Bertz CT molecular complexity index is 171. The predicted octanol–water partition coefficient (Wildman–Crippen LogP) is 1.66. The molecule has 1 N–H and O–H groups in total. The van der Waals surface area contributed by atoms with Crippen LogP contribution in [0.15, 0.2) is 0 Å². The van der Waals surface area contributed by atoms with Crippen molar-refractivity contribution in [1.29, 1.82) is 0 Å². The van der Waals surface area contributed by atoms with Gasteiger partial charge in [-0.3, -0.25) is 0 Å². The topological polar surface area (TPSA) is 21.3 Å². The van der Waals surface area contributed by atoms with Crippen LogP contribution in [0.2, 0.25) is 0 Å². The maximum atomic E-state index is 12.4. The van der Waals surface area contributed by atoms with E-state index in [2.05, 4.69) is 5.32 Å². The summed E-state index contributed by atoms with van der Waals surface area (Å²) in [6, 6.07) is 0. The lowest BCUT2D eigenvalue weighted by atomic mass is 10.1. The molecule has 1 fully saturated rings. The van der Waals surface area contributed by atoms with E-state index in [9.17, 15) is 17.6 Å². The molecule has 1 aliphatic rings. The minimum atomic E-state index is -4.02. The number of ether oxygens (including phenoxy) is 1. The van der Waals surface area contributed by atoms with E-state index < -0.39 is 19.0 Å². The Balaban J connectivity index is 2.24. The normalized spacial score (nSPS) is 20.4. The van der Waals surface area contributed by atoms with Gasteiger partial charge in [0.2, 0.25) is 0 Å². The van der Waals surface area contributed by atoms with Gasteiger partial charge in [-0.2, -0.15) is 8.78 Å². The van der Waals surface area contributed by atoms with E-state index in [0.717, 1.165) is 0 Å². The quantitative estimate of drug-likeness (QED) is 0.720. The van der Waals surface area contributed by atoms with Crippen molar-refractivity contribution in [2.75, 3.05) is 19.7 Å². The molecule has 0 radical (unpaired) electrons. The van der Waals surface area contributed by atoms with Gasteiger partial charge in [-0.15, -0.1) is 0 Å². The van der Waals surface area contributed by atoms with Gasteiger partial charge >= 0.3 is 12.3 Å². The lowest BCUT2D eigenvalue weighted by Crippen LogP contribution is -2.38. The van der Waals surface area contributed by atoms with Crippen molar-refractivity contribution < 1.29 is 22.3 Å². The first-order valence-electron chi connectivity index (χ1n) is 4.50. The molecular formula is C8H13F4NO. The SMILES string of the molecule is FC(F)C(F)(F)COC1CCNCC1. The average molecular weight is 215 g/mol. The highest BCUT2D eigenvalue weighted by molar-refractivity contribution is 4.72. The molecule has 2 nitrogen and oxygen atoms in total. The first-order chi connectivity index (χ1) is 6.52. The van der Waals surface area contributed by atoms with Crippen molar-refractivity contribution >= 4 is 0 Å². The van der Waals surface area contributed by atoms with Crippen molar-refractivity contribution in [3.05, 3.63) is 0 Å². The molecule has 1 saturated heterocycles. The smallest absolute Gasteiger partial charge is 0.330 e. The van der Waals surface area contributed by atoms with Gasteiger partial charge in [0, 0.05) is 0 Å². The lowest BCUT2D eigenvalue weighted by molar-refractivity contribution is -0.177. The van der Waals surface area contributed by atoms with Crippen LogP contribution in [0.5, 0.6) is 0 Å². The van der Waals surface area contributed by atoms with Gasteiger partial charge < -0.3 is 10.1 Å². The summed E-state index contributed by atoms with van der Waals surface area (Å²) in [6.07, 6.45) is -2.77. The van der Waals surface area contributed by atoms with E-state index in [4.69, 9.17) is 4.74 Å². The van der Waals surface area contributed by atoms with Gasteiger partial charge in [-0.25, -0.2) is 8.78 Å². The first-order valence-corrected chi connectivity index (χ1v) is 4.50. The summed E-state index contributed by atoms with van der Waals surface area (Å²) in [5.74, 6) is -4.02. The number of halogens is 4. The largest absolute Gasteiger partial charge is 0.372 e. The number of hydrogen-bond donors (Lipinski definition) is 1. The van der Waals surface area contributed by atoms with Crippen LogP contribution < -0.4 is 5.32 Å². The molecule has 1 aliphatic heterocycles. The fourth-order valence-corrected chi connectivity index (χ4v) is 1.25. The molecule has 0 atom stereocenters. The third kappa shape index (κ3) is 3.42. The molecular weight excluding hydrogens is 202 g/mol. The summed E-state index contributed by atoms with van der Waals surface area (Å²) < 4.78 is 53.0. The second kappa shape index (κ2) is 4.93. The molecule has 0 amide bonds. The van der Waals surface area contributed by atoms with Crippen molar-refractivity contribution in [1.82, 2.24) is 5.32 Å². The van der Waals surface area contributed by atoms with Gasteiger partial charge in [0.05, 0.1) is 6.10 Å². The van der Waals surface area contributed by atoms with Crippen LogP contribution in [0.3, 0.4) is 0 Å². The molecule has 0 aliphatic carbocycles. The van der Waals surface area contributed by atoms with Crippen molar-refractivity contribution in [2.45, 2.75) is 31.3 Å². The van der Waals surface area contributed by atoms with Gasteiger partial charge in [-0.1, -0.05) is 0 Å². The molecule has 1 heterocycles. The van der Waals surface area contributed by atoms with Crippen LogP contribution in [-0.2, 0) is 4.74 Å². The van der Waals surface area contributed by atoms with Crippen LogP contribution in [-0.4, -0.2) is 38.1 Å². The summed E-state index contributed by atoms with van der Waals surface area (Å²) in [5.41, 5.74) is 0. The molecule has 0 unspecified atom stereocenters. The zero-order valence-electron chi connectivity index (χ0n) is 7.61. The van der Waals surface area contributed by atoms with Crippen LogP contribution in [0.4, 0.5) is 17.6 Å². The van der Waals surface area contributed by atoms with Gasteiger partial charge in [0.15, 0.2) is 0 Å². The Morgan fingerprint density at radius 3 is 2.36 bits per heavy atom. The molecule has 0 spiro atoms. The Morgan fingerprint density at radius 2 is 1.86 bits per heavy atom. The van der Waals surface area contributed by atoms with Crippen LogP contribution >= 0.6 is 0 Å². The second-order valence-electron chi connectivity index (χ2n) is 3.32. The van der Waals surface area contributed by atoms with Crippen molar-refractivity contribution in [3.63, 3.8) is 0 Å². The third-order valence-corrected chi connectivity index (χ3v) is 2.12. The van der Waals surface area contributed by atoms with E-state index in [1.165, 1.54) is 0 Å². The number of piperidine rings is 1. The molecule has 0 aromatic heterocycles. The minimum Gasteiger partial charge on any atom is -0.372 e. The number of rotatable bonds is 4. The van der Waals surface area contributed by atoms with Gasteiger partial charge in [0.25, 0.3) is 0 Å². The molecule has 0 aromatic carbocycles. The maximum absolute atomic E-state index is 12.4. The lowest BCUT2D eigenvalue weighted by Gasteiger charge is -2.25. The zero-order valence-corrected chi connectivity index (χ0v) is 7.61. The number of alkyl halides is 4. The molecule has 14 heavy (non-hydrogen) atoms. The number of hydrogen-bond acceptors (Lipinski definition) is 2. The molecule has 0 aromatic rings. The van der Waals surface area contributed by atoms with Gasteiger partial charge in [0.1, 0.15) is 6.61 Å². The Morgan fingerprint density at radius 1 is 1.29 bits per heavy atom. The van der Waals surface area contributed by atoms with E-state index >= 15 is 0 Å². The fraction of sp³-hybridized carbons (Fsp3) is 1.00. The molecule has 84 valence electrons. The summed E-state index contributed by atoms with van der Waals surface area (Å²) in [4.78, 5) is 0. The zero-order chi connectivity index (χ0) is 10.6. The predicted molar refractivity (Wildman–Crippen MR) is 42.8 cm³/mol.